The van der Waals surface area contributed by atoms with E-state index in [-0.39, 0.29) is 5.91 Å². The number of rotatable bonds is 3. The lowest BCUT2D eigenvalue weighted by atomic mass is 10.1. The summed E-state index contributed by atoms with van der Waals surface area (Å²) in [6.45, 7) is 0. The van der Waals surface area contributed by atoms with Crippen molar-refractivity contribution in [1.29, 1.82) is 0 Å². The second-order valence-electron chi connectivity index (χ2n) is 5.52. The Labute approximate surface area is 139 Å². The summed E-state index contributed by atoms with van der Waals surface area (Å²) in [5.41, 5.74) is 8.11. The van der Waals surface area contributed by atoms with Crippen LogP contribution in [0.25, 0.3) is 11.1 Å². The Morgan fingerprint density at radius 1 is 0.750 bits per heavy atom. The van der Waals surface area contributed by atoms with Crippen LogP contribution in [-0.4, -0.2) is 11.6 Å². The molecule has 0 spiro atoms. The minimum Gasteiger partial charge on any atom is -0.320 e. The topological polar surface area (TPSA) is 53.5 Å². The molecule has 3 aromatic carbocycles. The Hall–Kier alpha value is -3.40. The normalized spacial score (nSPS) is 14.3. The average molecular weight is 313 g/mol. The van der Waals surface area contributed by atoms with Crippen molar-refractivity contribution in [3.63, 3.8) is 0 Å². The first-order valence-corrected chi connectivity index (χ1v) is 7.71. The summed E-state index contributed by atoms with van der Waals surface area (Å²) < 4.78 is 0. The Kier molecular flexibility index (Phi) is 3.56. The number of carbonyl (C=O) groups is 1. The van der Waals surface area contributed by atoms with Crippen LogP contribution in [0.2, 0.25) is 0 Å². The molecule has 0 aliphatic carbocycles. The van der Waals surface area contributed by atoms with Gasteiger partial charge in [0.15, 0.2) is 5.71 Å². The van der Waals surface area contributed by atoms with Gasteiger partial charge in [0, 0.05) is 5.56 Å². The summed E-state index contributed by atoms with van der Waals surface area (Å²) in [6, 6.07) is 25.7. The van der Waals surface area contributed by atoms with Crippen LogP contribution in [0.3, 0.4) is 0 Å². The first-order chi connectivity index (χ1) is 11.8. The molecule has 0 atom stereocenters. The van der Waals surface area contributed by atoms with Crippen molar-refractivity contribution in [2.75, 3.05) is 10.7 Å². The predicted octanol–water partition coefficient (Wildman–Crippen LogP) is 4.12. The fourth-order valence-electron chi connectivity index (χ4n) is 2.70. The van der Waals surface area contributed by atoms with Gasteiger partial charge in [-0.05, 0) is 29.3 Å². The molecule has 0 aromatic heterocycles. The molecule has 1 aliphatic heterocycles. The van der Waals surface area contributed by atoms with E-state index in [9.17, 15) is 4.79 Å². The lowest BCUT2D eigenvalue weighted by Crippen LogP contribution is -2.15. The van der Waals surface area contributed by atoms with Gasteiger partial charge in [-0.3, -0.25) is 10.2 Å². The van der Waals surface area contributed by atoms with Crippen LogP contribution in [0.15, 0.2) is 84.0 Å². The number of hydrogen-bond acceptors (Lipinski definition) is 3. The molecule has 1 heterocycles. The number of fused-ring (bicyclic) bond motifs is 1. The van der Waals surface area contributed by atoms with Crippen LogP contribution in [0.1, 0.15) is 5.56 Å². The molecular weight excluding hydrogens is 298 g/mol. The maximum atomic E-state index is 12.0. The van der Waals surface area contributed by atoms with E-state index in [1.807, 2.05) is 66.7 Å². The van der Waals surface area contributed by atoms with Crippen LogP contribution in [0.5, 0.6) is 0 Å². The molecule has 1 amide bonds. The standard InChI is InChI=1S/C20H15N3O/c24-20-19(17-8-4-5-9-18(17)21-20)23-22-16-12-10-15(11-13-16)14-6-2-1-3-7-14/h1-13,22H,(H,21,23,24). The van der Waals surface area contributed by atoms with E-state index in [0.717, 1.165) is 22.5 Å². The van der Waals surface area contributed by atoms with Gasteiger partial charge in [0.1, 0.15) is 0 Å². The quantitative estimate of drug-likeness (QED) is 0.715. The average Bonchev–Trinajstić information content (AvgIpc) is 2.96. The molecule has 0 fully saturated rings. The molecule has 3 aromatic rings. The van der Waals surface area contributed by atoms with Gasteiger partial charge in [-0.25, -0.2) is 0 Å². The Morgan fingerprint density at radius 2 is 1.42 bits per heavy atom. The van der Waals surface area contributed by atoms with Crippen molar-refractivity contribution in [1.82, 2.24) is 0 Å². The fourth-order valence-corrected chi connectivity index (χ4v) is 2.70. The highest BCUT2D eigenvalue weighted by Crippen LogP contribution is 2.24. The Bertz CT molecular complexity index is 915. The van der Waals surface area contributed by atoms with E-state index in [0.29, 0.717) is 5.71 Å². The third-order valence-corrected chi connectivity index (χ3v) is 3.93. The third kappa shape index (κ3) is 2.65. The number of hydrazone groups is 1. The van der Waals surface area contributed by atoms with Crippen molar-refractivity contribution in [3.8, 4) is 11.1 Å². The molecule has 0 radical (unpaired) electrons. The van der Waals surface area contributed by atoms with Crippen molar-refractivity contribution in [2.24, 2.45) is 5.10 Å². The first kappa shape index (κ1) is 14.2. The van der Waals surface area contributed by atoms with Crippen molar-refractivity contribution in [2.45, 2.75) is 0 Å². The zero-order valence-corrected chi connectivity index (χ0v) is 12.9. The molecule has 0 bridgehead atoms. The SMILES string of the molecule is O=C1Nc2ccccc2/C1=N/Nc1ccc(-c2ccccc2)cc1. The molecule has 24 heavy (non-hydrogen) atoms. The molecule has 2 N–H and O–H groups in total. The Morgan fingerprint density at radius 3 is 2.21 bits per heavy atom. The highest BCUT2D eigenvalue weighted by atomic mass is 16.2. The Balaban J connectivity index is 1.55. The van der Waals surface area contributed by atoms with E-state index >= 15 is 0 Å². The van der Waals surface area contributed by atoms with Crippen LogP contribution in [0, 0.1) is 0 Å². The second kappa shape index (κ2) is 6.01. The van der Waals surface area contributed by atoms with Gasteiger partial charge in [0.2, 0.25) is 0 Å². The number of carbonyl (C=O) groups excluding carboxylic acids is 1. The third-order valence-electron chi connectivity index (χ3n) is 3.93. The fraction of sp³-hybridized carbons (Fsp3) is 0. The summed E-state index contributed by atoms with van der Waals surface area (Å²) in [5, 5.41) is 7.08. The molecule has 116 valence electrons. The maximum absolute atomic E-state index is 12.0. The molecule has 0 saturated carbocycles. The zero-order chi connectivity index (χ0) is 16.4. The van der Waals surface area contributed by atoms with Crippen molar-refractivity contribution < 1.29 is 4.79 Å². The van der Waals surface area contributed by atoms with Crippen LogP contribution in [-0.2, 0) is 4.79 Å². The summed E-state index contributed by atoms with van der Waals surface area (Å²) in [4.78, 5) is 12.0. The van der Waals surface area contributed by atoms with Gasteiger partial charge in [-0.1, -0.05) is 60.7 Å². The molecule has 1 aliphatic rings. The number of nitrogens with zero attached hydrogens (tertiary/aromatic N) is 1. The van der Waals surface area contributed by atoms with E-state index in [1.54, 1.807) is 0 Å². The van der Waals surface area contributed by atoms with E-state index in [1.165, 1.54) is 5.56 Å². The smallest absolute Gasteiger partial charge is 0.276 e. The predicted molar refractivity (Wildman–Crippen MR) is 97.1 cm³/mol. The van der Waals surface area contributed by atoms with Gasteiger partial charge < -0.3 is 5.32 Å². The van der Waals surface area contributed by atoms with E-state index < -0.39 is 0 Å². The number of benzene rings is 3. The monoisotopic (exact) mass is 313 g/mol. The molecule has 4 heteroatoms. The molecule has 0 unspecified atom stereocenters. The number of anilines is 2. The number of amides is 1. The maximum Gasteiger partial charge on any atom is 0.276 e. The van der Waals surface area contributed by atoms with Crippen LogP contribution in [0.4, 0.5) is 11.4 Å². The zero-order valence-electron chi connectivity index (χ0n) is 12.9. The summed E-state index contributed by atoms with van der Waals surface area (Å²) in [6.07, 6.45) is 0. The molecule has 0 saturated heterocycles. The van der Waals surface area contributed by atoms with Gasteiger partial charge >= 0.3 is 0 Å². The second-order valence-corrected chi connectivity index (χ2v) is 5.52. The number of hydrogen-bond donors (Lipinski definition) is 2. The molecular formula is C20H15N3O. The summed E-state index contributed by atoms with van der Waals surface area (Å²) in [5.74, 6) is -0.190. The van der Waals surface area contributed by atoms with E-state index in [4.69, 9.17) is 0 Å². The minimum atomic E-state index is -0.190. The van der Waals surface area contributed by atoms with Gasteiger partial charge in [0.25, 0.3) is 5.91 Å². The lowest BCUT2D eigenvalue weighted by molar-refractivity contribution is -0.110. The number of para-hydroxylation sites is 1. The number of nitrogens with one attached hydrogen (secondary N) is 2. The largest absolute Gasteiger partial charge is 0.320 e. The minimum absolute atomic E-state index is 0.190. The van der Waals surface area contributed by atoms with Crippen molar-refractivity contribution in [3.05, 3.63) is 84.4 Å². The summed E-state index contributed by atoms with van der Waals surface area (Å²) in [7, 11) is 0. The van der Waals surface area contributed by atoms with Crippen LogP contribution < -0.4 is 10.7 Å². The highest BCUT2D eigenvalue weighted by Gasteiger charge is 2.25. The van der Waals surface area contributed by atoms with Gasteiger partial charge in [0.05, 0.1) is 11.4 Å². The highest BCUT2D eigenvalue weighted by molar-refractivity contribution is 6.53. The lowest BCUT2D eigenvalue weighted by Gasteiger charge is -2.05. The molecule has 4 nitrogen and oxygen atoms in total. The van der Waals surface area contributed by atoms with E-state index in [2.05, 4.69) is 28.0 Å². The van der Waals surface area contributed by atoms with Gasteiger partial charge in [-0.15, -0.1) is 0 Å². The molecule has 4 rings (SSSR count). The van der Waals surface area contributed by atoms with Crippen molar-refractivity contribution >= 4 is 23.0 Å². The first-order valence-electron chi connectivity index (χ1n) is 7.71. The van der Waals surface area contributed by atoms with Crippen LogP contribution >= 0.6 is 0 Å². The summed E-state index contributed by atoms with van der Waals surface area (Å²) >= 11 is 0. The van der Waals surface area contributed by atoms with Gasteiger partial charge in [-0.2, -0.15) is 5.10 Å².